The minimum atomic E-state index is -0.245. The Hall–Kier alpha value is -1.27. The van der Waals surface area contributed by atoms with Gasteiger partial charge in [-0.3, -0.25) is 0 Å². The Morgan fingerprint density at radius 2 is 2.00 bits per heavy atom. The Morgan fingerprint density at radius 1 is 1.29 bits per heavy atom. The first-order valence-electron chi connectivity index (χ1n) is 7.53. The molecule has 1 rings (SSSR count). The fourth-order valence-electron chi connectivity index (χ4n) is 2.00. The van der Waals surface area contributed by atoms with Crippen molar-refractivity contribution in [2.24, 2.45) is 5.92 Å². The molecular weight excluding hydrogens is 328 g/mol. The van der Waals surface area contributed by atoms with Crippen molar-refractivity contribution in [3.8, 4) is 11.8 Å². The lowest BCUT2D eigenvalue weighted by Crippen LogP contribution is -2.14. The molecule has 2 nitrogen and oxygen atoms in total. The minimum absolute atomic E-state index is 0.245. The molecule has 0 saturated heterocycles. The highest BCUT2D eigenvalue weighted by Gasteiger charge is 2.11. The molecule has 3 heteroatoms. The quantitative estimate of drug-likeness (QED) is 0.400. The Balaban J connectivity index is 2.51. The number of hydrogen-bond donors (Lipinski definition) is 0. The molecule has 1 aromatic carbocycles. The Kier molecular flexibility index (Phi) is 8.85. The van der Waals surface area contributed by atoms with Gasteiger partial charge in [0.05, 0.1) is 17.5 Å². The van der Waals surface area contributed by atoms with Crippen LogP contribution in [0.2, 0.25) is 0 Å². The summed E-state index contributed by atoms with van der Waals surface area (Å²) >= 11 is 3.26. The van der Waals surface area contributed by atoms with E-state index in [-0.39, 0.29) is 5.97 Å². The summed E-state index contributed by atoms with van der Waals surface area (Å²) in [6, 6.07) is 7.24. The summed E-state index contributed by atoms with van der Waals surface area (Å²) in [6.07, 6.45) is 4.55. The van der Waals surface area contributed by atoms with E-state index in [0.29, 0.717) is 23.4 Å². The lowest BCUT2D eigenvalue weighted by molar-refractivity contribution is 0.0428. The van der Waals surface area contributed by atoms with Gasteiger partial charge in [-0.2, -0.15) is 0 Å². The second kappa shape index (κ2) is 10.5. The predicted octanol–water partition coefficient (Wildman–Crippen LogP) is 4.81. The van der Waals surface area contributed by atoms with Crippen LogP contribution in [0.15, 0.2) is 24.3 Å². The first kappa shape index (κ1) is 17.8. The van der Waals surface area contributed by atoms with Crippen molar-refractivity contribution >= 4 is 21.9 Å². The van der Waals surface area contributed by atoms with E-state index in [1.165, 1.54) is 12.8 Å². The van der Waals surface area contributed by atoms with E-state index in [4.69, 9.17) is 4.74 Å². The van der Waals surface area contributed by atoms with Crippen LogP contribution in [0.25, 0.3) is 0 Å². The zero-order chi connectivity index (χ0) is 15.5. The highest BCUT2D eigenvalue weighted by molar-refractivity contribution is 9.09. The molecular formula is C18H23BrO2. The molecule has 0 radical (unpaired) electrons. The number of alkyl halides is 1. The highest BCUT2D eigenvalue weighted by Crippen LogP contribution is 2.14. The zero-order valence-corrected chi connectivity index (χ0v) is 14.4. The molecule has 21 heavy (non-hydrogen) atoms. The van der Waals surface area contributed by atoms with Gasteiger partial charge in [0.2, 0.25) is 0 Å². The number of carbonyl (C=O) groups excluding carboxylic acids is 1. The molecule has 0 heterocycles. The van der Waals surface area contributed by atoms with E-state index in [1.54, 1.807) is 12.1 Å². The molecule has 1 atom stereocenters. The van der Waals surface area contributed by atoms with Crippen LogP contribution < -0.4 is 0 Å². The van der Waals surface area contributed by atoms with Gasteiger partial charge in [0.25, 0.3) is 0 Å². The van der Waals surface area contributed by atoms with Crippen LogP contribution in [0.4, 0.5) is 0 Å². The standard InChI is InChI=1S/C18H23BrO2/c1-3-5-7-15(4-2)14-21-18(20)17-11-9-16(10-12-17)8-6-13-19/h9-12,15H,3-5,7,13-14H2,1-2H3. The van der Waals surface area contributed by atoms with E-state index in [1.807, 2.05) is 12.1 Å². The second-order valence-corrected chi connectivity index (χ2v) is 5.59. The topological polar surface area (TPSA) is 26.3 Å². The van der Waals surface area contributed by atoms with Gasteiger partial charge in [-0.25, -0.2) is 4.79 Å². The molecule has 0 bridgehead atoms. The SMILES string of the molecule is CCCCC(CC)COC(=O)c1ccc(C#CCBr)cc1. The number of benzene rings is 1. The largest absolute Gasteiger partial charge is 0.462 e. The molecule has 1 aromatic rings. The lowest BCUT2D eigenvalue weighted by atomic mass is 10.0. The van der Waals surface area contributed by atoms with E-state index in [9.17, 15) is 4.79 Å². The monoisotopic (exact) mass is 350 g/mol. The lowest BCUT2D eigenvalue weighted by Gasteiger charge is -2.14. The summed E-state index contributed by atoms with van der Waals surface area (Å²) in [6.45, 7) is 4.84. The summed E-state index contributed by atoms with van der Waals surface area (Å²) in [5.41, 5.74) is 1.49. The van der Waals surface area contributed by atoms with E-state index in [2.05, 4.69) is 41.6 Å². The molecule has 0 aliphatic heterocycles. The van der Waals surface area contributed by atoms with Gasteiger partial charge in [0, 0.05) is 5.56 Å². The molecule has 0 aliphatic rings. The van der Waals surface area contributed by atoms with Gasteiger partial charge < -0.3 is 4.74 Å². The molecule has 1 unspecified atom stereocenters. The number of rotatable bonds is 7. The third-order valence-corrected chi connectivity index (χ3v) is 3.69. The van der Waals surface area contributed by atoms with Gasteiger partial charge in [-0.15, -0.1) is 0 Å². The van der Waals surface area contributed by atoms with Gasteiger partial charge in [0.1, 0.15) is 0 Å². The first-order chi connectivity index (χ1) is 10.2. The normalized spacial score (nSPS) is 11.4. The van der Waals surface area contributed by atoms with Crippen molar-refractivity contribution in [3.63, 3.8) is 0 Å². The molecule has 0 saturated carbocycles. The van der Waals surface area contributed by atoms with E-state index in [0.717, 1.165) is 18.4 Å². The van der Waals surface area contributed by atoms with Crippen LogP contribution >= 0.6 is 15.9 Å². The second-order valence-electron chi connectivity index (χ2n) is 5.03. The fourth-order valence-corrected chi connectivity index (χ4v) is 2.14. The van der Waals surface area contributed by atoms with Crippen LogP contribution in [0.3, 0.4) is 0 Å². The van der Waals surface area contributed by atoms with Crippen LogP contribution in [0.5, 0.6) is 0 Å². The summed E-state index contributed by atoms with van der Waals surface area (Å²) in [5, 5.41) is 0.646. The number of esters is 1. The zero-order valence-electron chi connectivity index (χ0n) is 12.8. The smallest absolute Gasteiger partial charge is 0.338 e. The van der Waals surface area contributed by atoms with Crippen LogP contribution in [0, 0.1) is 17.8 Å². The predicted molar refractivity (Wildman–Crippen MR) is 90.7 cm³/mol. The summed E-state index contributed by atoms with van der Waals surface area (Å²) in [7, 11) is 0. The number of unbranched alkanes of at least 4 members (excludes halogenated alkanes) is 1. The van der Waals surface area contributed by atoms with Crippen LogP contribution in [-0.2, 0) is 4.74 Å². The van der Waals surface area contributed by atoms with Crippen molar-refractivity contribution in [1.29, 1.82) is 0 Å². The van der Waals surface area contributed by atoms with Crippen molar-refractivity contribution < 1.29 is 9.53 Å². The maximum atomic E-state index is 12.0. The maximum Gasteiger partial charge on any atom is 0.338 e. The average Bonchev–Trinajstić information content (AvgIpc) is 2.53. The van der Waals surface area contributed by atoms with Crippen LogP contribution in [0.1, 0.15) is 55.5 Å². The van der Waals surface area contributed by atoms with Gasteiger partial charge >= 0.3 is 5.97 Å². The third kappa shape index (κ3) is 6.82. The van der Waals surface area contributed by atoms with Gasteiger partial charge in [-0.1, -0.05) is 60.9 Å². The molecule has 0 fully saturated rings. The maximum absolute atomic E-state index is 12.0. The molecule has 0 aromatic heterocycles. The molecule has 0 amide bonds. The number of hydrogen-bond acceptors (Lipinski definition) is 2. The van der Waals surface area contributed by atoms with E-state index < -0.39 is 0 Å². The number of ether oxygens (including phenoxy) is 1. The summed E-state index contributed by atoms with van der Waals surface area (Å²) in [5.74, 6) is 6.15. The molecule has 0 spiro atoms. The van der Waals surface area contributed by atoms with Gasteiger partial charge in [-0.05, 0) is 36.6 Å². The minimum Gasteiger partial charge on any atom is -0.462 e. The Labute approximate surface area is 136 Å². The van der Waals surface area contributed by atoms with Crippen molar-refractivity contribution in [2.45, 2.75) is 39.5 Å². The molecule has 0 aliphatic carbocycles. The van der Waals surface area contributed by atoms with E-state index >= 15 is 0 Å². The summed E-state index contributed by atoms with van der Waals surface area (Å²) < 4.78 is 5.42. The molecule has 114 valence electrons. The number of halogens is 1. The Morgan fingerprint density at radius 3 is 2.57 bits per heavy atom. The average molecular weight is 351 g/mol. The van der Waals surface area contributed by atoms with Crippen LogP contribution in [-0.4, -0.2) is 17.9 Å². The number of carbonyl (C=O) groups is 1. The van der Waals surface area contributed by atoms with Crippen molar-refractivity contribution in [1.82, 2.24) is 0 Å². The first-order valence-corrected chi connectivity index (χ1v) is 8.65. The summed E-state index contributed by atoms with van der Waals surface area (Å²) in [4.78, 5) is 12.0. The molecule has 0 N–H and O–H groups in total. The van der Waals surface area contributed by atoms with Crippen molar-refractivity contribution in [2.75, 3.05) is 11.9 Å². The van der Waals surface area contributed by atoms with Crippen molar-refractivity contribution in [3.05, 3.63) is 35.4 Å². The van der Waals surface area contributed by atoms with Gasteiger partial charge in [0.15, 0.2) is 0 Å². The fraction of sp³-hybridized carbons (Fsp3) is 0.500. The highest BCUT2D eigenvalue weighted by atomic mass is 79.9. The Bertz CT molecular complexity index is 482. The third-order valence-electron chi connectivity index (χ3n) is 3.41.